The Morgan fingerprint density at radius 3 is 2.10 bits per heavy atom. The maximum atomic E-state index is 15.1. The first kappa shape index (κ1) is 37.6. The van der Waals surface area contributed by atoms with Gasteiger partial charge in [0.05, 0.1) is 11.5 Å². The maximum absolute atomic E-state index is 15.1. The number of carboxylic acid groups (broad SMARTS) is 1. The molecule has 2 fully saturated rings. The summed E-state index contributed by atoms with van der Waals surface area (Å²) in [7, 11) is 1.65. The largest absolute Gasteiger partial charge is 0.481 e. The normalized spacial score (nSPS) is 23.5. The molecule has 1 amide bonds. The molecule has 1 saturated carbocycles. The molecule has 1 aliphatic heterocycles. The van der Waals surface area contributed by atoms with Gasteiger partial charge in [0, 0.05) is 61.4 Å². The monoisotopic (exact) mass is 690 g/mol. The second-order valence-electron chi connectivity index (χ2n) is 13.7. The number of nitrogens with zero attached hydrogens (tertiary/aromatic N) is 5. The van der Waals surface area contributed by atoms with Gasteiger partial charge in [-0.1, -0.05) is 18.7 Å². The van der Waals surface area contributed by atoms with E-state index in [-0.39, 0.29) is 47.8 Å². The molecule has 0 bridgehead atoms. The van der Waals surface area contributed by atoms with Gasteiger partial charge in [0.15, 0.2) is 0 Å². The van der Waals surface area contributed by atoms with E-state index in [4.69, 9.17) is 10.6 Å². The van der Waals surface area contributed by atoms with Gasteiger partial charge in [0.1, 0.15) is 11.8 Å². The van der Waals surface area contributed by atoms with E-state index >= 15 is 4.39 Å². The molecule has 0 radical (unpaired) electrons. The summed E-state index contributed by atoms with van der Waals surface area (Å²) >= 11 is 0. The van der Waals surface area contributed by atoms with Crippen LogP contribution in [0, 0.1) is 5.92 Å². The molecule has 10 nitrogen and oxygen atoms in total. The van der Waals surface area contributed by atoms with Crippen molar-refractivity contribution in [2.45, 2.75) is 109 Å². The number of aliphatic carboxylic acids is 1. The lowest BCUT2D eigenvalue weighted by Gasteiger charge is -2.46. The highest BCUT2D eigenvalue weighted by molar-refractivity contribution is 5.72. The van der Waals surface area contributed by atoms with E-state index in [0.29, 0.717) is 49.7 Å². The summed E-state index contributed by atoms with van der Waals surface area (Å²) in [6.45, 7) is 9.95. The molecular formula is C35H46F4N6O4. The van der Waals surface area contributed by atoms with E-state index in [9.17, 15) is 27.9 Å². The SMILES string of the molecule is C=C/C(=C\N(C)N)c1cnc(N(Cc2cc(C(C)(C)F)cc(C(F)(F)F)c2)[C@H]2C[C@@H](C)N(C(=O)O[C@H]3CC[C@H](C(=O)O)CC3)[C@@H](C)C2)nc1. The highest BCUT2D eigenvalue weighted by atomic mass is 19.4. The Morgan fingerprint density at radius 1 is 1.04 bits per heavy atom. The number of rotatable bonds is 10. The molecule has 0 unspecified atom stereocenters. The van der Waals surface area contributed by atoms with E-state index in [2.05, 4.69) is 16.5 Å². The summed E-state index contributed by atoms with van der Waals surface area (Å²) < 4.78 is 62.8. The zero-order chi connectivity index (χ0) is 36.3. The Labute approximate surface area is 284 Å². The summed E-state index contributed by atoms with van der Waals surface area (Å²) in [6, 6.07) is 2.33. The fourth-order valence-corrected chi connectivity index (χ4v) is 6.72. The van der Waals surface area contributed by atoms with E-state index in [1.54, 1.807) is 36.6 Å². The molecule has 1 saturated heterocycles. The van der Waals surface area contributed by atoms with Crippen LogP contribution in [-0.2, 0) is 27.9 Å². The molecule has 268 valence electrons. The predicted octanol–water partition coefficient (Wildman–Crippen LogP) is 7.06. The Kier molecular flexibility index (Phi) is 11.6. The van der Waals surface area contributed by atoms with Gasteiger partial charge in [-0.05, 0) is 89.5 Å². The van der Waals surface area contributed by atoms with Crippen LogP contribution in [0.1, 0.15) is 88.5 Å². The number of likely N-dealkylation sites (tertiary alicyclic amines) is 1. The van der Waals surface area contributed by atoms with Gasteiger partial charge in [0.2, 0.25) is 5.95 Å². The van der Waals surface area contributed by atoms with Crippen molar-refractivity contribution in [3.8, 4) is 0 Å². The third-order valence-electron chi connectivity index (χ3n) is 9.27. The summed E-state index contributed by atoms with van der Waals surface area (Å²) in [6.07, 6.45) is 3.53. The highest BCUT2D eigenvalue weighted by Gasteiger charge is 2.40. The molecule has 0 spiro atoms. The van der Waals surface area contributed by atoms with Crippen molar-refractivity contribution < 1.29 is 37.0 Å². The van der Waals surface area contributed by atoms with Crippen LogP contribution in [0.3, 0.4) is 0 Å². The fraction of sp³-hybridized carbons (Fsp3) is 0.543. The number of hydrazine groups is 1. The topological polar surface area (TPSA) is 125 Å². The van der Waals surface area contributed by atoms with Gasteiger partial charge in [-0.3, -0.25) is 4.79 Å². The smallest absolute Gasteiger partial charge is 0.416 e. The van der Waals surface area contributed by atoms with Crippen molar-refractivity contribution in [2.24, 2.45) is 11.8 Å². The standard InChI is InChI=1S/C35H46F4N6O4/c1-7-24(20-43(6)40)26-17-41-32(42-18-26)44(19-23-14-27(34(4,5)36)16-28(15-23)35(37,38)39)29-12-21(2)45(22(3)13-29)33(48)49-30-10-8-25(9-11-30)31(46)47/h7,14-18,20-22,25,29-30H,1,8-13,19,40H2,2-6H3,(H,46,47)/b24-20+/t21-,22+,25-,29+,30-. The minimum absolute atomic E-state index is 0.0522. The van der Waals surface area contributed by atoms with Crippen LogP contribution in [-0.4, -0.2) is 68.3 Å². The number of nitrogens with two attached hydrogens (primary N) is 1. The number of hydrogen-bond acceptors (Lipinski definition) is 8. The van der Waals surface area contributed by atoms with Crippen LogP contribution >= 0.6 is 0 Å². The van der Waals surface area contributed by atoms with Crippen molar-refractivity contribution in [1.82, 2.24) is 19.9 Å². The third-order valence-corrected chi connectivity index (χ3v) is 9.27. The second-order valence-corrected chi connectivity index (χ2v) is 13.7. The number of piperidine rings is 1. The van der Waals surface area contributed by atoms with Gasteiger partial charge in [-0.2, -0.15) is 13.2 Å². The minimum atomic E-state index is -4.69. The number of carbonyl (C=O) groups is 2. The molecule has 1 aromatic carbocycles. The lowest BCUT2D eigenvalue weighted by atomic mass is 9.87. The lowest BCUT2D eigenvalue weighted by molar-refractivity contribution is -0.143. The number of alkyl halides is 4. The Balaban J connectivity index is 1.64. The first-order chi connectivity index (χ1) is 22.9. The van der Waals surface area contributed by atoms with Gasteiger partial charge in [-0.15, -0.1) is 0 Å². The minimum Gasteiger partial charge on any atom is -0.481 e. The van der Waals surface area contributed by atoms with Crippen molar-refractivity contribution in [2.75, 3.05) is 11.9 Å². The number of hydrogen-bond donors (Lipinski definition) is 2. The number of aromatic nitrogens is 2. The number of ether oxygens (including phenoxy) is 1. The molecule has 49 heavy (non-hydrogen) atoms. The van der Waals surface area contributed by atoms with Crippen LogP contribution in [0.2, 0.25) is 0 Å². The quantitative estimate of drug-likeness (QED) is 0.117. The van der Waals surface area contributed by atoms with E-state index in [1.807, 2.05) is 18.7 Å². The van der Waals surface area contributed by atoms with Crippen LogP contribution in [0.25, 0.3) is 5.57 Å². The number of anilines is 1. The van der Waals surface area contributed by atoms with Crippen molar-refractivity contribution in [3.63, 3.8) is 0 Å². The molecule has 2 heterocycles. The van der Waals surface area contributed by atoms with Crippen LogP contribution in [0.4, 0.5) is 28.3 Å². The first-order valence-corrected chi connectivity index (χ1v) is 16.4. The molecule has 14 heteroatoms. The maximum Gasteiger partial charge on any atom is 0.416 e. The molecule has 3 atom stereocenters. The Hall–Kier alpha value is -4.20. The van der Waals surface area contributed by atoms with Crippen molar-refractivity contribution in [3.05, 3.63) is 71.7 Å². The van der Waals surface area contributed by atoms with Crippen molar-refractivity contribution >= 4 is 23.6 Å². The zero-order valence-corrected chi connectivity index (χ0v) is 28.6. The molecule has 4 rings (SSSR count). The average molecular weight is 691 g/mol. The van der Waals surface area contributed by atoms with Gasteiger partial charge in [0.25, 0.3) is 0 Å². The Bertz CT molecular complexity index is 1470. The predicted molar refractivity (Wildman–Crippen MR) is 178 cm³/mol. The number of benzene rings is 1. The van der Waals surface area contributed by atoms with E-state index in [0.717, 1.165) is 12.1 Å². The first-order valence-electron chi connectivity index (χ1n) is 16.4. The molecule has 2 aromatic rings. The molecular weight excluding hydrogens is 644 g/mol. The van der Waals surface area contributed by atoms with Crippen LogP contribution in [0.5, 0.6) is 0 Å². The van der Waals surface area contributed by atoms with Gasteiger partial charge in [-0.25, -0.2) is 25.0 Å². The van der Waals surface area contributed by atoms with Crippen LogP contribution < -0.4 is 10.7 Å². The third kappa shape index (κ3) is 9.49. The fourth-order valence-electron chi connectivity index (χ4n) is 6.72. The summed E-state index contributed by atoms with van der Waals surface area (Å²) in [4.78, 5) is 37.4. The second kappa shape index (κ2) is 15.1. The van der Waals surface area contributed by atoms with Crippen molar-refractivity contribution in [1.29, 1.82) is 0 Å². The number of amides is 1. The lowest BCUT2D eigenvalue weighted by Crippen LogP contribution is -2.56. The Morgan fingerprint density at radius 2 is 1.61 bits per heavy atom. The summed E-state index contributed by atoms with van der Waals surface area (Å²) in [5, 5.41) is 10.7. The van der Waals surface area contributed by atoms with Crippen LogP contribution in [0.15, 0.2) is 49.4 Å². The number of halogens is 4. The summed E-state index contributed by atoms with van der Waals surface area (Å²) in [5.41, 5.74) is -1.57. The number of allylic oxidation sites excluding steroid dienone is 2. The average Bonchev–Trinajstić information content (AvgIpc) is 3.01. The molecule has 1 aromatic heterocycles. The number of carbonyl (C=O) groups excluding carboxylic acids is 1. The summed E-state index contributed by atoms with van der Waals surface area (Å²) in [5.74, 6) is 4.75. The number of carboxylic acids is 1. The van der Waals surface area contributed by atoms with Gasteiger partial charge >= 0.3 is 18.2 Å². The zero-order valence-electron chi connectivity index (χ0n) is 28.6. The molecule has 1 aliphatic carbocycles. The molecule has 2 aliphatic rings. The van der Waals surface area contributed by atoms with Gasteiger partial charge < -0.3 is 24.7 Å². The molecule has 3 N–H and O–H groups in total. The highest BCUT2D eigenvalue weighted by Crippen LogP contribution is 2.37. The van der Waals surface area contributed by atoms with E-state index in [1.165, 1.54) is 24.9 Å². The van der Waals surface area contributed by atoms with E-state index < -0.39 is 35.4 Å².